The van der Waals surface area contributed by atoms with Gasteiger partial charge in [-0.15, -0.1) is 0 Å². The molecule has 0 saturated carbocycles. The van der Waals surface area contributed by atoms with Crippen LogP contribution < -0.4 is 24.0 Å². The monoisotopic (exact) mass is 149 g/mol. The molecule has 0 aromatic carbocycles. The Morgan fingerprint density at radius 2 is 2.27 bits per heavy atom. The number of carboxylic acid groups (broad SMARTS) is 1. The van der Waals surface area contributed by atoms with E-state index in [1.54, 1.807) is 13.8 Å². The van der Waals surface area contributed by atoms with E-state index >= 15 is 0 Å². The maximum absolute atomic E-state index is 10.4. The first-order chi connectivity index (χ1) is 4.63. The molecule has 1 heterocycles. The van der Waals surface area contributed by atoms with Crippen LogP contribution in [0.2, 0.25) is 0 Å². The average Bonchev–Trinajstić information content (AvgIpc) is 2.11. The van der Waals surface area contributed by atoms with E-state index in [1.807, 2.05) is 0 Å². The molecule has 0 radical (unpaired) electrons. The summed E-state index contributed by atoms with van der Waals surface area (Å²) in [6.45, 7) is 3.27. The molecule has 0 aromatic heterocycles. The second-order valence-corrected chi connectivity index (χ2v) is 2.34. The number of carbonyl (C=O) groups excluding carboxylic acids is 1. The van der Waals surface area contributed by atoms with Gasteiger partial charge in [-0.1, -0.05) is 5.16 Å². The maximum Gasteiger partial charge on any atom is 1.00 e. The fraction of sp³-hybridized carbons (Fsp3) is 0.667. The third-order valence-corrected chi connectivity index (χ3v) is 1.54. The van der Waals surface area contributed by atoms with Crippen molar-refractivity contribution in [2.75, 3.05) is 0 Å². The van der Waals surface area contributed by atoms with Crippen LogP contribution in [0.15, 0.2) is 5.16 Å². The van der Waals surface area contributed by atoms with Crippen molar-refractivity contribution in [3.63, 3.8) is 0 Å². The zero-order valence-electron chi connectivity index (χ0n) is 6.83. The third kappa shape index (κ3) is 1.98. The average molecular weight is 149 g/mol. The fourth-order valence-corrected chi connectivity index (χ4v) is 0.986. The van der Waals surface area contributed by atoms with Crippen LogP contribution >= 0.6 is 0 Å². The number of hydrogen-bond donors (Lipinski definition) is 0. The Morgan fingerprint density at radius 3 is 2.45 bits per heavy atom. The smallest absolute Gasteiger partial charge is 0.549 e. The summed E-state index contributed by atoms with van der Waals surface area (Å²) in [6.07, 6.45) is -0.384. The number of hydrogen-bond acceptors (Lipinski definition) is 4. The molecular weight excluding hydrogens is 141 g/mol. The molecule has 1 aliphatic heterocycles. The number of rotatable bonds is 1. The fourth-order valence-electron chi connectivity index (χ4n) is 0.986. The predicted octanol–water partition coefficient (Wildman–Crippen LogP) is -3.85. The second-order valence-electron chi connectivity index (χ2n) is 2.34. The van der Waals surface area contributed by atoms with Gasteiger partial charge in [-0.25, -0.2) is 0 Å². The Kier molecular flexibility index (Phi) is 3.63. The van der Waals surface area contributed by atoms with E-state index in [0.717, 1.165) is 0 Å². The second kappa shape index (κ2) is 3.79. The third-order valence-electron chi connectivity index (χ3n) is 1.54. The van der Waals surface area contributed by atoms with E-state index in [-0.39, 0.29) is 25.0 Å². The minimum atomic E-state index is -1.12. The number of oxime groups is 1. The van der Waals surface area contributed by atoms with Gasteiger partial charge in [0.05, 0.1) is 17.6 Å². The van der Waals surface area contributed by atoms with Gasteiger partial charge in [-0.3, -0.25) is 0 Å². The van der Waals surface area contributed by atoms with Crippen LogP contribution in [-0.4, -0.2) is 17.8 Å². The number of carboxylic acids is 1. The van der Waals surface area contributed by atoms with Crippen LogP contribution in [0.3, 0.4) is 0 Å². The molecule has 0 bridgehead atoms. The summed E-state index contributed by atoms with van der Waals surface area (Å²) in [7, 11) is 0. The topological polar surface area (TPSA) is 61.7 Å². The summed E-state index contributed by atoms with van der Waals surface area (Å²) in [5, 5.41) is 13.9. The van der Waals surface area contributed by atoms with Gasteiger partial charge in [0.1, 0.15) is 6.10 Å². The molecule has 0 amide bonds. The SMILES string of the molecule is CC1=NOC(C)C1C(=O)[O-].[Li+]. The van der Waals surface area contributed by atoms with Gasteiger partial charge < -0.3 is 14.7 Å². The van der Waals surface area contributed by atoms with Crippen LogP contribution in [0.5, 0.6) is 0 Å². The molecule has 2 unspecified atom stereocenters. The van der Waals surface area contributed by atoms with Crippen LogP contribution in [0.4, 0.5) is 0 Å². The zero-order chi connectivity index (χ0) is 7.72. The molecule has 0 aliphatic carbocycles. The first kappa shape index (κ1) is 10.5. The van der Waals surface area contributed by atoms with E-state index in [2.05, 4.69) is 5.16 Å². The summed E-state index contributed by atoms with van der Waals surface area (Å²) in [6, 6.07) is 0. The van der Waals surface area contributed by atoms with Crippen molar-refractivity contribution in [2.45, 2.75) is 20.0 Å². The molecule has 2 atom stereocenters. The zero-order valence-corrected chi connectivity index (χ0v) is 6.83. The van der Waals surface area contributed by atoms with Crippen LogP contribution in [0, 0.1) is 5.92 Å². The van der Waals surface area contributed by atoms with Gasteiger partial charge in [0.15, 0.2) is 0 Å². The summed E-state index contributed by atoms with van der Waals surface area (Å²) < 4.78 is 0. The summed E-state index contributed by atoms with van der Waals surface area (Å²) in [4.78, 5) is 15.1. The van der Waals surface area contributed by atoms with E-state index in [1.165, 1.54) is 0 Å². The van der Waals surface area contributed by atoms with E-state index in [9.17, 15) is 9.90 Å². The normalized spacial score (nSPS) is 28.4. The van der Waals surface area contributed by atoms with Gasteiger partial charge in [-0.2, -0.15) is 0 Å². The van der Waals surface area contributed by atoms with E-state index < -0.39 is 11.9 Å². The molecular formula is C6H8LiNO3. The largest absolute Gasteiger partial charge is 1.00 e. The molecule has 0 N–H and O–H groups in total. The number of nitrogens with zero attached hydrogens (tertiary/aromatic N) is 1. The first-order valence-corrected chi connectivity index (χ1v) is 3.04. The minimum Gasteiger partial charge on any atom is -0.549 e. The van der Waals surface area contributed by atoms with Crippen molar-refractivity contribution in [2.24, 2.45) is 11.1 Å². The minimum absolute atomic E-state index is 0. The van der Waals surface area contributed by atoms with Crippen molar-refractivity contribution >= 4 is 11.7 Å². The molecule has 0 saturated heterocycles. The Hall–Kier alpha value is -0.463. The van der Waals surface area contributed by atoms with Crippen molar-refractivity contribution in [1.29, 1.82) is 0 Å². The standard InChI is InChI=1S/C6H9NO3.Li/c1-3-5(6(8)9)4(2)10-7-3;/h4-5H,1-2H3,(H,8,9);/q;+1/p-1. The predicted molar refractivity (Wildman–Crippen MR) is 32.2 cm³/mol. The molecule has 56 valence electrons. The van der Waals surface area contributed by atoms with Crippen LogP contribution in [-0.2, 0) is 9.63 Å². The van der Waals surface area contributed by atoms with Crippen LogP contribution in [0.1, 0.15) is 13.8 Å². The summed E-state index contributed by atoms with van der Waals surface area (Å²) in [5.74, 6) is -1.79. The molecule has 1 aliphatic rings. The molecule has 5 heteroatoms. The summed E-state index contributed by atoms with van der Waals surface area (Å²) >= 11 is 0. The van der Waals surface area contributed by atoms with Gasteiger partial charge in [0.25, 0.3) is 0 Å². The molecule has 0 aromatic rings. The molecule has 4 nitrogen and oxygen atoms in total. The molecule has 11 heavy (non-hydrogen) atoms. The van der Waals surface area contributed by atoms with Crippen molar-refractivity contribution < 1.29 is 33.6 Å². The Morgan fingerprint density at radius 1 is 1.73 bits per heavy atom. The molecule has 0 spiro atoms. The van der Waals surface area contributed by atoms with Crippen LogP contribution in [0.25, 0.3) is 0 Å². The summed E-state index contributed by atoms with van der Waals surface area (Å²) in [5.41, 5.74) is 0.479. The van der Waals surface area contributed by atoms with Gasteiger partial charge in [0.2, 0.25) is 0 Å². The maximum atomic E-state index is 10.4. The molecule has 0 fully saturated rings. The van der Waals surface area contributed by atoms with E-state index in [0.29, 0.717) is 5.71 Å². The Labute approximate surface area is 76.8 Å². The van der Waals surface area contributed by atoms with Gasteiger partial charge in [0, 0.05) is 0 Å². The Bertz CT molecular complexity index is 192. The van der Waals surface area contributed by atoms with Crippen molar-refractivity contribution in [3.8, 4) is 0 Å². The van der Waals surface area contributed by atoms with Gasteiger partial charge >= 0.3 is 18.9 Å². The number of carbonyl (C=O) groups is 1. The van der Waals surface area contributed by atoms with Crippen molar-refractivity contribution in [1.82, 2.24) is 0 Å². The van der Waals surface area contributed by atoms with Crippen molar-refractivity contribution in [3.05, 3.63) is 0 Å². The van der Waals surface area contributed by atoms with E-state index in [4.69, 9.17) is 4.84 Å². The number of aliphatic carboxylic acids is 1. The van der Waals surface area contributed by atoms with Gasteiger partial charge in [-0.05, 0) is 13.8 Å². The Balaban J connectivity index is 0.000001000. The molecule has 1 rings (SSSR count). The quantitative estimate of drug-likeness (QED) is 0.358. The first-order valence-electron chi connectivity index (χ1n) is 3.04.